The third-order valence-electron chi connectivity index (χ3n) is 11.2. The lowest BCUT2D eigenvalue weighted by atomic mass is 9.81. The molecule has 0 spiro atoms. The summed E-state index contributed by atoms with van der Waals surface area (Å²) in [6.07, 6.45) is 0. The van der Waals surface area contributed by atoms with Gasteiger partial charge in [0.25, 0.3) is 0 Å². The van der Waals surface area contributed by atoms with Crippen molar-refractivity contribution in [3.63, 3.8) is 0 Å². The van der Waals surface area contributed by atoms with Gasteiger partial charge >= 0.3 is 0 Å². The number of anilines is 3. The van der Waals surface area contributed by atoms with Crippen molar-refractivity contribution in [2.75, 3.05) is 4.90 Å². The molecule has 0 amide bonds. The minimum atomic E-state index is 1.10. The van der Waals surface area contributed by atoms with Crippen LogP contribution < -0.4 is 4.90 Å². The molecule has 0 unspecified atom stereocenters. The molecule has 0 saturated carbocycles. The van der Waals surface area contributed by atoms with Crippen molar-refractivity contribution in [2.24, 2.45) is 0 Å². The van der Waals surface area contributed by atoms with Crippen LogP contribution in [0.25, 0.3) is 77.9 Å². The summed E-state index contributed by atoms with van der Waals surface area (Å²) in [6, 6.07) is 79.6. The summed E-state index contributed by atoms with van der Waals surface area (Å²) in [5.74, 6) is 0. The summed E-state index contributed by atoms with van der Waals surface area (Å²) in [5.41, 5.74) is 21.8. The molecule has 0 aromatic heterocycles. The predicted octanol–water partition coefficient (Wildman–Crippen LogP) is 15.4. The van der Waals surface area contributed by atoms with Crippen molar-refractivity contribution in [1.29, 1.82) is 0 Å². The van der Waals surface area contributed by atoms with Gasteiger partial charge < -0.3 is 4.90 Å². The van der Waals surface area contributed by atoms with Gasteiger partial charge in [-0.2, -0.15) is 0 Å². The molecule has 0 radical (unpaired) electrons. The first-order valence-corrected chi connectivity index (χ1v) is 19.4. The molecule has 0 fully saturated rings. The Bertz CT molecular complexity index is 2860. The standard InChI is InChI=1S/C55H39N/c1-38-32-33-41(36-54(38)51-30-16-14-24-45(51)44-23-9-8-22-43(44)39-18-4-2-5-19-39)56(40-20-6-3-7-21-40)42-34-35-53-50-29-13-12-27-48(50)46-25-10-11-26-47(46)49-28-15-17-31-52(49)55(53)37-42/h2-37H,1H3. The molecule has 0 N–H and O–H groups in total. The van der Waals surface area contributed by atoms with Crippen LogP contribution in [-0.4, -0.2) is 0 Å². The Kier molecular flexibility index (Phi) is 8.46. The molecule has 9 aromatic rings. The van der Waals surface area contributed by atoms with Crippen LogP contribution in [0, 0.1) is 6.92 Å². The summed E-state index contributed by atoms with van der Waals surface area (Å²) >= 11 is 0. The second-order valence-electron chi connectivity index (χ2n) is 14.5. The zero-order valence-corrected chi connectivity index (χ0v) is 31.2. The maximum absolute atomic E-state index is 2.41. The van der Waals surface area contributed by atoms with Gasteiger partial charge in [0, 0.05) is 17.1 Å². The highest BCUT2D eigenvalue weighted by molar-refractivity contribution is 6.04. The van der Waals surface area contributed by atoms with Gasteiger partial charge in [0.15, 0.2) is 0 Å². The molecule has 10 rings (SSSR count). The first kappa shape index (κ1) is 33.4. The number of para-hydroxylation sites is 1. The topological polar surface area (TPSA) is 3.24 Å². The molecule has 1 heteroatoms. The molecule has 1 aliphatic rings. The van der Waals surface area contributed by atoms with Crippen molar-refractivity contribution < 1.29 is 0 Å². The van der Waals surface area contributed by atoms with E-state index in [9.17, 15) is 0 Å². The van der Waals surface area contributed by atoms with Gasteiger partial charge in [0.2, 0.25) is 0 Å². The average molecular weight is 714 g/mol. The van der Waals surface area contributed by atoms with Gasteiger partial charge in [-0.05, 0) is 127 Å². The molecule has 0 atom stereocenters. The second kappa shape index (κ2) is 14.2. The van der Waals surface area contributed by atoms with Gasteiger partial charge in [-0.25, -0.2) is 0 Å². The molecule has 0 saturated heterocycles. The largest absolute Gasteiger partial charge is 0.310 e. The Labute approximate surface area is 329 Å². The lowest BCUT2D eigenvalue weighted by molar-refractivity contribution is 1.27. The molecule has 1 nitrogen and oxygen atoms in total. The monoisotopic (exact) mass is 713 g/mol. The molecule has 1 aliphatic carbocycles. The van der Waals surface area contributed by atoms with E-state index in [0.717, 1.165) is 17.1 Å². The summed E-state index contributed by atoms with van der Waals surface area (Å²) in [6.45, 7) is 2.23. The number of fused-ring (bicyclic) bond motifs is 8. The van der Waals surface area contributed by atoms with E-state index in [0.29, 0.717) is 0 Å². The van der Waals surface area contributed by atoms with E-state index in [1.807, 2.05) is 0 Å². The fraction of sp³-hybridized carbons (Fsp3) is 0.0182. The van der Waals surface area contributed by atoms with Gasteiger partial charge in [0.05, 0.1) is 0 Å². The van der Waals surface area contributed by atoms with Crippen molar-refractivity contribution >= 4 is 17.1 Å². The van der Waals surface area contributed by atoms with Gasteiger partial charge in [0.1, 0.15) is 0 Å². The highest BCUT2D eigenvalue weighted by Gasteiger charge is 2.24. The summed E-state index contributed by atoms with van der Waals surface area (Å²) in [7, 11) is 0. The molecular formula is C55H39N. The van der Waals surface area contributed by atoms with E-state index in [4.69, 9.17) is 0 Å². The number of aryl methyl sites for hydroxylation is 1. The minimum absolute atomic E-state index is 1.10. The zero-order valence-electron chi connectivity index (χ0n) is 31.2. The third kappa shape index (κ3) is 5.82. The first-order valence-electron chi connectivity index (χ1n) is 19.4. The Balaban J connectivity index is 1.17. The van der Waals surface area contributed by atoms with Crippen LogP contribution >= 0.6 is 0 Å². The molecule has 9 aromatic carbocycles. The average Bonchev–Trinajstić information content (AvgIpc) is 3.27. The summed E-state index contributed by atoms with van der Waals surface area (Å²) in [4.78, 5) is 2.41. The van der Waals surface area contributed by atoms with Crippen LogP contribution in [0.4, 0.5) is 17.1 Å². The number of benzene rings is 9. The fourth-order valence-corrected chi connectivity index (χ4v) is 8.59. The Hall–Kier alpha value is -7.22. The lowest BCUT2D eigenvalue weighted by Gasteiger charge is -2.29. The van der Waals surface area contributed by atoms with Crippen molar-refractivity contribution in [1.82, 2.24) is 0 Å². The fourth-order valence-electron chi connectivity index (χ4n) is 8.59. The number of rotatable bonds is 6. The smallest absolute Gasteiger partial charge is 0.0468 e. The van der Waals surface area contributed by atoms with Crippen LogP contribution in [0.3, 0.4) is 0 Å². The van der Waals surface area contributed by atoms with Gasteiger partial charge in [-0.15, -0.1) is 0 Å². The molecule has 0 aliphatic heterocycles. The van der Waals surface area contributed by atoms with Crippen molar-refractivity contribution in [3.8, 4) is 77.9 Å². The molecule has 56 heavy (non-hydrogen) atoms. The summed E-state index contributed by atoms with van der Waals surface area (Å²) in [5, 5.41) is 0. The van der Waals surface area contributed by atoms with E-state index < -0.39 is 0 Å². The van der Waals surface area contributed by atoms with E-state index in [1.54, 1.807) is 0 Å². The van der Waals surface area contributed by atoms with Crippen molar-refractivity contribution in [3.05, 3.63) is 224 Å². The Morgan fingerprint density at radius 2 is 0.554 bits per heavy atom. The van der Waals surface area contributed by atoms with Crippen molar-refractivity contribution in [2.45, 2.75) is 6.92 Å². The maximum Gasteiger partial charge on any atom is 0.0468 e. The normalized spacial score (nSPS) is 11.3. The van der Waals surface area contributed by atoms with E-state index in [-0.39, 0.29) is 0 Å². The van der Waals surface area contributed by atoms with E-state index in [2.05, 4.69) is 230 Å². The highest BCUT2D eigenvalue weighted by atomic mass is 15.1. The Morgan fingerprint density at radius 1 is 0.232 bits per heavy atom. The van der Waals surface area contributed by atoms with Crippen LogP contribution in [0.2, 0.25) is 0 Å². The van der Waals surface area contributed by atoms with Crippen LogP contribution in [0.5, 0.6) is 0 Å². The first-order chi connectivity index (χ1) is 27.7. The molecule has 0 bridgehead atoms. The van der Waals surface area contributed by atoms with E-state index >= 15 is 0 Å². The quantitative estimate of drug-likeness (QED) is 0.166. The van der Waals surface area contributed by atoms with Crippen LogP contribution in [-0.2, 0) is 0 Å². The van der Waals surface area contributed by atoms with Gasteiger partial charge in [-0.1, -0.05) is 182 Å². The maximum atomic E-state index is 2.41. The molecular weight excluding hydrogens is 675 g/mol. The second-order valence-corrected chi connectivity index (χ2v) is 14.5. The minimum Gasteiger partial charge on any atom is -0.310 e. The van der Waals surface area contributed by atoms with Gasteiger partial charge in [-0.3, -0.25) is 0 Å². The summed E-state index contributed by atoms with van der Waals surface area (Å²) < 4.78 is 0. The van der Waals surface area contributed by atoms with Crippen LogP contribution in [0.15, 0.2) is 218 Å². The third-order valence-corrected chi connectivity index (χ3v) is 11.2. The predicted molar refractivity (Wildman–Crippen MR) is 237 cm³/mol. The van der Waals surface area contributed by atoms with E-state index in [1.165, 1.54) is 83.5 Å². The lowest BCUT2D eigenvalue weighted by Crippen LogP contribution is -2.11. The Morgan fingerprint density at radius 3 is 1.04 bits per heavy atom. The number of hydrogen-bond acceptors (Lipinski definition) is 1. The SMILES string of the molecule is Cc1ccc(N(c2ccccc2)c2ccc3c(c2)-c2ccccc2-c2ccccc2-c2ccccc2-3)cc1-c1ccccc1-c1ccccc1-c1ccccc1. The number of hydrogen-bond donors (Lipinski definition) is 0. The number of nitrogens with zero attached hydrogens (tertiary/aromatic N) is 1. The molecule has 264 valence electrons. The molecule has 0 heterocycles. The highest BCUT2D eigenvalue weighted by Crippen LogP contribution is 2.50. The zero-order chi connectivity index (χ0) is 37.4. The van der Waals surface area contributed by atoms with Crippen LogP contribution in [0.1, 0.15) is 5.56 Å².